The van der Waals surface area contributed by atoms with Crippen LogP contribution in [0.5, 0.6) is 0 Å². The summed E-state index contributed by atoms with van der Waals surface area (Å²) in [7, 11) is 0. The predicted octanol–water partition coefficient (Wildman–Crippen LogP) is 4.62. The van der Waals surface area contributed by atoms with Crippen molar-refractivity contribution in [3.8, 4) is 16.9 Å². The van der Waals surface area contributed by atoms with Gasteiger partial charge in [0.15, 0.2) is 0 Å². The number of nitrogens with one attached hydrogen (secondary N) is 4. The number of hydrogen-bond donors (Lipinski definition) is 5. The smallest absolute Gasteiger partial charge is 0.255 e. The number of nitrogens with zero attached hydrogens (tertiary/aromatic N) is 5. The Balaban J connectivity index is 0.959. The minimum atomic E-state index is -0.772. The number of imidazole rings is 1. The SMILES string of the molecule is CC(=O)N[C@@H](C(=O)N1CCCC1C1=NC=C(c2c[nH]c3c(-n4ccc(-c5cnc(C6CCCN6C(=O)[C@@H](NC(=O)CO)C(C)C)[nH]5)cc4=O)csc23)C1)c1ccccc1. The molecule has 3 aliphatic heterocycles. The molecule has 306 valence electrons. The molecule has 59 heavy (non-hydrogen) atoms. The molecule has 0 bridgehead atoms. The lowest BCUT2D eigenvalue weighted by Gasteiger charge is -2.30. The number of rotatable bonds is 12. The summed E-state index contributed by atoms with van der Waals surface area (Å²) < 4.78 is 2.60. The Kier molecular flexibility index (Phi) is 11.2. The number of carbonyl (C=O) groups excluding carboxylic acids is 4. The highest BCUT2D eigenvalue weighted by atomic mass is 32.1. The summed E-state index contributed by atoms with van der Waals surface area (Å²) in [6, 6.07) is 10.7. The van der Waals surface area contributed by atoms with E-state index in [4.69, 9.17) is 4.99 Å². The van der Waals surface area contributed by atoms with Crippen LogP contribution in [-0.4, -0.2) is 95.5 Å². The minimum absolute atomic E-state index is 0.142. The molecule has 7 heterocycles. The number of aliphatic hydroxyl groups excluding tert-OH is 1. The fraction of sp³-hybridized carbons (Fsp3) is 0.372. The molecule has 4 aromatic heterocycles. The molecule has 5 N–H and O–H groups in total. The van der Waals surface area contributed by atoms with E-state index in [1.54, 1.807) is 39.3 Å². The molecule has 0 saturated carbocycles. The predicted molar refractivity (Wildman–Crippen MR) is 225 cm³/mol. The van der Waals surface area contributed by atoms with Crippen LogP contribution < -0.4 is 16.2 Å². The third kappa shape index (κ3) is 7.77. The van der Waals surface area contributed by atoms with E-state index in [1.165, 1.54) is 6.92 Å². The number of amides is 4. The Hall–Kier alpha value is -6.13. The Morgan fingerprint density at radius 2 is 1.75 bits per heavy atom. The molecule has 4 amide bonds. The average Bonchev–Trinajstić information content (AvgIpc) is 4.08. The monoisotopic (exact) mass is 817 g/mol. The molecular weight excluding hydrogens is 771 g/mol. The molecule has 2 unspecified atom stereocenters. The first-order valence-electron chi connectivity index (χ1n) is 20.0. The normalized spacial score (nSPS) is 18.9. The van der Waals surface area contributed by atoms with E-state index in [1.807, 2.05) is 72.9 Å². The van der Waals surface area contributed by atoms with Gasteiger partial charge in [-0.3, -0.25) is 33.5 Å². The second-order valence-electron chi connectivity index (χ2n) is 15.7. The largest absolute Gasteiger partial charge is 0.387 e. The molecule has 2 fully saturated rings. The number of benzene rings is 1. The lowest BCUT2D eigenvalue weighted by molar-refractivity contribution is -0.139. The van der Waals surface area contributed by atoms with Crippen LogP contribution in [-0.2, 0) is 19.2 Å². The van der Waals surface area contributed by atoms with Crippen molar-refractivity contribution in [2.45, 2.75) is 77.0 Å². The van der Waals surface area contributed by atoms with E-state index in [2.05, 4.69) is 25.6 Å². The van der Waals surface area contributed by atoms with Gasteiger partial charge >= 0.3 is 0 Å². The first-order valence-corrected chi connectivity index (χ1v) is 20.9. The van der Waals surface area contributed by atoms with Crippen molar-refractivity contribution < 1.29 is 24.3 Å². The molecular formula is C43H47N9O6S. The van der Waals surface area contributed by atoms with Crippen molar-refractivity contribution in [2.24, 2.45) is 10.9 Å². The fourth-order valence-corrected chi connectivity index (χ4v) is 9.59. The molecule has 0 radical (unpaired) electrons. The lowest BCUT2D eigenvalue weighted by atomic mass is 9.99. The Bertz CT molecular complexity index is 2530. The number of fused-ring (bicyclic) bond motifs is 1. The highest BCUT2D eigenvalue weighted by molar-refractivity contribution is 7.18. The van der Waals surface area contributed by atoms with Crippen molar-refractivity contribution in [1.29, 1.82) is 0 Å². The van der Waals surface area contributed by atoms with Gasteiger partial charge in [0, 0.05) is 73.3 Å². The van der Waals surface area contributed by atoms with Crippen LogP contribution in [0.25, 0.3) is 32.7 Å². The number of thiophene rings is 1. The average molecular weight is 818 g/mol. The Morgan fingerprint density at radius 3 is 2.46 bits per heavy atom. The third-order valence-corrected chi connectivity index (χ3v) is 12.5. The number of aromatic nitrogens is 4. The molecule has 16 heteroatoms. The van der Waals surface area contributed by atoms with Crippen LogP contribution in [0.15, 0.2) is 82.4 Å². The van der Waals surface area contributed by atoms with E-state index in [9.17, 15) is 29.1 Å². The second kappa shape index (κ2) is 16.6. The zero-order chi connectivity index (χ0) is 41.4. The Labute approximate surface area is 344 Å². The van der Waals surface area contributed by atoms with Gasteiger partial charge in [-0.2, -0.15) is 0 Å². The maximum Gasteiger partial charge on any atom is 0.255 e. The van der Waals surface area contributed by atoms with E-state index in [0.717, 1.165) is 57.6 Å². The van der Waals surface area contributed by atoms with E-state index >= 15 is 0 Å². The number of allylic oxidation sites excluding steroid dienone is 1. The maximum atomic E-state index is 13.9. The molecule has 5 aromatic rings. The van der Waals surface area contributed by atoms with Gasteiger partial charge in [0.05, 0.1) is 39.9 Å². The van der Waals surface area contributed by atoms with Crippen LogP contribution in [0.4, 0.5) is 0 Å². The maximum absolute atomic E-state index is 13.9. The number of likely N-dealkylation sites (tertiary alicyclic amines) is 2. The van der Waals surface area contributed by atoms with Crippen LogP contribution in [0.3, 0.4) is 0 Å². The highest BCUT2D eigenvalue weighted by Crippen LogP contribution is 2.39. The highest BCUT2D eigenvalue weighted by Gasteiger charge is 2.39. The lowest BCUT2D eigenvalue weighted by Crippen LogP contribution is -2.51. The number of aromatic amines is 2. The van der Waals surface area contributed by atoms with Crippen LogP contribution in [0.2, 0.25) is 0 Å². The van der Waals surface area contributed by atoms with Gasteiger partial charge in [-0.15, -0.1) is 11.3 Å². The van der Waals surface area contributed by atoms with Crippen LogP contribution >= 0.6 is 11.3 Å². The topological polar surface area (TPSA) is 198 Å². The van der Waals surface area contributed by atoms with Crippen molar-refractivity contribution in [1.82, 2.24) is 40.0 Å². The van der Waals surface area contributed by atoms with Crippen molar-refractivity contribution in [2.75, 3.05) is 19.7 Å². The molecule has 0 aliphatic carbocycles. The first-order chi connectivity index (χ1) is 28.5. The van der Waals surface area contributed by atoms with E-state index < -0.39 is 24.6 Å². The Morgan fingerprint density at radius 1 is 1.00 bits per heavy atom. The molecule has 3 aliphatic rings. The number of carbonyl (C=O) groups is 4. The van der Waals surface area contributed by atoms with Crippen molar-refractivity contribution in [3.63, 3.8) is 0 Å². The minimum Gasteiger partial charge on any atom is -0.387 e. The molecule has 4 atom stereocenters. The number of pyridine rings is 1. The summed E-state index contributed by atoms with van der Waals surface area (Å²) in [6.45, 7) is 5.54. The number of hydrogen-bond acceptors (Lipinski definition) is 9. The second-order valence-corrected chi connectivity index (χ2v) is 16.5. The molecule has 15 nitrogen and oxygen atoms in total. The quantitative estimate of drug-likeness (QED) is 0.121. The summed E-state index contributed by atoms with van der Waals surface area (Å²) in [6.07, 6.45) is 10.9. The number of H-pyrrole nitrogens is 2. The van der Waals surface area contributed by atoms with Gasteiger partial charge in [-0.05, 0) is 48.8 Å². The number of aliphatic imine (C=N–C) groups is 1. The van der Waals surface area contributed by atoms with Crippen LogP contribution in [0.1, 0.15) is 81.9 Å². The summed E-state index contributed by atoms with van der Waals surface area (Å²) in [4.78, 5) is 85.0. The van der Waals surface area contributed by atoms with Gasteiger partial charge in [0.1, 0.15) is 24.5 Å². The first kappa shape index (κ1) is 39.7. The summed E-state index contributed by atoms with van der Waals surface area (Å²) >= 11 is 1.54. The van der Waals surface area contributed by atoms with Crippen molar-refractivity contribution in [3.05, 3.63) is 99.9 Å². The third-order valence-electron chi connectivity index (χ3n) is 11.5. The number of aliphatic hydroxyl groups is 1. The summed E-state index contributed by atoms with van der Waals surface area (Å²) in [5.41, 5.74) is 6.31. The van der Waals surface area contributed by atoms with Gasteiger partial charge < -0.3 is 35.5 Å². The van der Waals surface area contributed by atoms with E-state index in [-0.39, 0.29) is 41.3 Å². The van der Waals surface area contributed by atoms with Crippen LogP contribution in [0, 0.1) is 5.92 Å². The summed E-state index contributed by atoms with van der Waals surface area (Å²) in [5, 5.41) is 16.7. The van der Waals surface area contributed by atoms with Gasteiger partial charge in [-0.25, -0.2) is 4.98 Å². The van der Waals surface area contributed by atoms with Crippen molar-refractivity contribution >= 4 is 56.5 Å². The zero-order valence-corrected chi connectivity index (χ0v) is 33.9. The molecule has 2 saturated heterocycles. The summed E-state index contributed by atoms with van der Waals surface area (Å²) in [5.74, 6) is -0.802. The van der Waals surface area contributed by atoms with Gasteiger partial charge in [-0.1, -0.05) is 44.2 Å². The molecule has 0 spiro atoms. The fourth-order valence-electron chi connectivity index (χ4n) is 8.53. The molecule has 8 rings (SSSR count). The molecule has 1 aromatic carbocycles. The van der Waals surface area contributed by atoms with E-state index in [0.29, 0.717) is 43.0 Å². The van der Waals surface area contributed by atoms with Gasteiger partial charge in [0.25, 0.3) is 5.56 Å². The standard InChI is InChI=1S/C43H47N9O6S/c1-24(2)37(49-35(55)22-53)42(57)52-15-8-12-33(52)41-46-21-31(48-41)27-13-16-50(36(56)18-27)34-23-59-40-29(20-45-39(34)40)28-17-30(44-19-28)32-11-7-14-51(32)43(58)38(47-25(3)54)26-9-5-4-6-10-26/h4-6,9-10,13,16,18-21,23-24,32-33,37-38,45,53H,7-8,11-12,14-15,17,22H2,1-3H3,(H,46,48)(H,47,54)(H,49,55)/t32?,33?,37-,38+/m0/s1. The zero-order valence-electron chi connectivity index (χ0n) is 33.1. The van der Waals surface area contributed by atoms with Gasteiger partial charge in [0.2, 0.25) is 23.6 Å².